The number of cyclic esters (lactones) is 1. The second kappa shape index (κ2) is 6.61. The lowest BCUT2D eigenvalue weighted by molar-refractivity contribution is -0.258. The molecule has 0 aromatic rings. The lowest BCUT2D eigenvalue weighted by Gasteiger charge is -2.55. The second-order valence-electron chi connectivity index (χ2n) is 13.7. The molecule has 9 nitrogen and oxygen atoms in total. The van der Waals surface area contributed by atoms with Gasteiger partial charge in [0.25, 0.3) is 0 Å². The van der Waals surface area contributed by atoms with Gasteiger partial charge in [-0.2, -0.15) is 0 Å². The van der Waals surface area contributed by atoms with Crippen molar-refractivity contribution in [1.29, 1.82) is 0 Å². The molecule has 3 saturated carbocycles. The molecule has 0 aromatic carbocycles. The quantitative estimate of drug-likeness (QED) is 0.395. The highest BCUT2D eigenvalue weighted by atomic mass is 16.7. The van der Waals surface area contributed by atoms with E-state index in [0.29, 0.717) is 12.0 Å². The van der Waals surface area contributed by atoms with Crippen LogP contribution in [0.5, 0.6) is 0 Å². The summed E-state index contributed by atoms with van der Waals surface area (Å²) in [6.45, 7) is 7.95. The molecule has 7 fully saturated rings. The predicted molar refractivity (Wildman–Crippen MR) is 125 cm³/mol. The van der Waals surface area contributed by atoms with Crippen molar-refractivity contribution in [2.75, 3.05) is 0 Å². The minimum atomic E-state index is -1.29. The third kappa shape index (κ3) is 2.46. The first-order valence-electron chi connectivity index (χ1n) is 13.9. The first-order valence-corrected chi connectivity index (χ1v) is 13.9. The Balaban J connectivity index is 1.20. The third-order valence-electron chi connectivity index (χ3n) is 11.8. The number of fused-ring (bicyclic) bond motifs is 1. The summed E-state index contributed by atoms with van der Waals surface area (Å²) in [6.07, 6.45) is 2.14. The standard InChI is InChI=1S/C28H36O9/c1-12-7-15(33-23(12)31)22-13(2)14-8-20-28(35-20)17-6-5-16-24(3,4)34-19-9-21(30)36-26(16,19)11-25(17,32)10-18(29)27(14,28)37-22/h7,13-20,22,29,32H,5-6,8-11H2,1-4H3. The predicted octanol–water partition coefficient (Wildman–Crippen LogP) is 1.56. The van der Waals surface area contributed by atoms with Crippen LogP contribution >= 0.6 is 0 Å². The fourth-order valence-corrected chi connectivity index (χ4v) is 10.6. The Morgan fingerprint density at radius 1 is 1.03 bits per heavy atom. The summed E-state index contributed by atoms with van der Waals surface area (Å²) in [5.41, 5.74) is -3.90. The molecule has 0 aromatic heterocycles. The Morgan fingerprint density at radius 3 is 2.51 bits per heavy atom. The minimum Gasteiger partial charge on any atom is -0.456 e. The Bertz CT molecular complexity index is 1150. The molecule has 0 radical (unpaired) electrons. The molecule has 4 saturated heterocycles. The molecule has 3 aliphatic carbocycles. The maximum atomic E-state index is 12.5. The number of carbonyl (C=O) groups is 2. The second-order valence-corrected chi connectivity index (χ2v) is 13.7. The van der Waals surface area contributed by atoms with E-state index in [-0.39, 0.29) is 67.1 Å². The Morgan fingerprint density at radius 2 is 1.78 bits per heavy atom. The lowest BCUT2D eigenvalue weighted by atomic mass is 9.56. The van der Waals surface area contributed by atoms with Crippen LogP contribution in [0.1, 0.15) is 66.2 Å². The highest BCUT2D eigenvalue weighted by Gasteiger charge is 2.90. The number of epoxide rings is 1. The molecule has 5 aliphatic heterocycles. The molecule has 8 aliphatic rings. The number of aliphatic hydroxyl groups excluding tert-OH is 1. The monoisotopic (exact) mass is 516 g/mol. The zero-order valence-corrected chi connectivity index (χ0v) is 21.8. The molecular formula is C28H36O9. The maximum Gasteiger partial charge on any atom is 0.334 e. The largest absolute Gasteiger partial charge is 0.456 e. The van der Waals surface area contributed by atoms with Crippen molar-refractivity contribution in [1.82, 2.24) is 0 Å². The van der Waals surface area contributed by atoms with E-state index >= 15 is 0 Å². The summed E-state index contributed by atoms with van der Waals surface area (Å²) in [4.78, 5) is 24.6. The highest BCUT2D eigenvalue weighted by molar-refractivity contribution is 5.90. The van der Waals surface area contributed by atoms with E-state index in [1.54, 1.807) is 6.92 Å². The van der Waals surface area contributed by atoms with Gasteiger partial charge in [0.15, 0.2) is 0 Å². The van der Waals surface area contributed by atoms with Crippen molar-refractivity contribution in [2.24, 2.45) is 23.7 Å². The molecular weight excluding hydrogens is 480 g/mol. The van der Waals surface area contributed by atoms with Gasteiger partial charge in [0.2, 0.25) is 0 Å². The fourth-order valence-electron chi connectivity index (χ4n) is 10.6. The molecule has 13 unspecified atom stereocenters. The van der Waals surface area contributed by atoms with Crippen LogP contribution in [0.4, 0.5) is 0 Å². The molecule has 0 bridgehead atoms. The number of rotatable bonds is 1. The third-order valence-corrected chi connectivity index (χ3v) is 11.8. The van der Waals surface area contributed by atoms with Gasteiger partial charge in [0.1, 0.15) is 35.1 Å². The molecule has 3 spiro atoms. The van der Waals surface area contributed by atoms with Gasteiger partial charge in [-0.3, -0.25) is 4.79 Å². The van der Waals surface area contributed by atoms with Crippen molar-refractivity contribution >= 4 is 11.9 Å². The summed E-state index contributed by atoms with van der Waals surface area (Å²) in [5.74, 6) is -0.878. The summed E-state index contributed by atoms with van der Waals surface area (Å²) in [6, 6.07) is 0. The normalized spacial score (nSPS) is 60.3. The minimum absolute atomic E-state index is 0.0292. The van der Waals surface area contributed by atoms with Gasteiger partial charge < -0.3 is 33.9 Å². The number of hydrogen-bond acceptors (Lipinski definition) is 9. The molecule has 8 rings (SSSR count). The smallest absolute Gasteiger partial charge is 0.334 e. The van der Waals surface area contributed by atoms with Crippen LogP contribution < -0.4 is 0 Å². The van der Waals surface area contributed by atoms with E-state index in [1.807, 2.05) is 19.9 Å². The van der Waals surface area contributed by atoms with E-state index in [2.05, 4.69) is 6.92 Å². The average molecular weight is 517 g/mol. The molecule has 2 N–H and O–H groups in total. The van der Waals surface area contributed by atoms with Gasteiger partial charge in [-0.05, 0) is 52.0 Å². The zero-order valence-electron chi connectivity index (χ0n) is 21.8. The molecule has 0 amide bonds. The van der Waals surface area contributed by atoms with Gasteiger partial charge >= 0.3 is 11.9 Å². The molecule has 13 atom stereocenters. The van der Waals surface area contributed by atoms with Gasteiger partial charge in [-0.1, -0.05) is 6.92 Å². The summed E-state index contributed by atoms with van der Waals surface area (Å²) < 4.78 is 31.5. The molecule has 9 heteroatoms. The maximum absolute atomic E-state index is 12.5. The van der Waals surface area contributed by atoms with Crippen LogP contribution in [0.25, 0.3) is 0 Å². The summed E-state index contributed by atoms with van der Waals surface area (Å²) in [5, 5.41) is 24.4. The topological polar surface area (TPSA) is 124 Å². The van der Waals surface area contributed by atoms with Crippen LogP contribution in [-0.2, 0) is 33.3 Å². The van der Waals surface area contributed by atoms with Crippen molar-refractivity contribution in [3.63, 3.8) is 0 Å². The lowest BCUT2D eigenvalue weighted by Crippen LogP contribution is -2.70. The van der Waals surface area contributed by atoms with Crippen molar-refractivity contribution in [3.8, 4) is 0 Å². The van der Waals surface area contributed by atoms with Crippen LogP contribution in [0, 0.1) is 23.7 Å². The van der Waals surface area contributed by atoms with Gasteiger partial charge in [0, 0.05) is 36.2 Å². The Labute approximate surface area is 215 Å². The van der Waals surface area contributed by atoms with E-state index in [4.69, 9.17) is 23.7 Å². The van der Waals surface area contributed by atoms with Gasteiger partial charge in [-0.25, -0.2) is 4.79 Å². The van der Waals surface area contributed by atoms with E-state index in [1.165, 1.54) is 0 Å². The fraction of sp³-hybridized carbons (Fsp3) is 0.857. The zero-order chi connectivity index (χ0) is 25.9. The SMILES string of the molecule is CC1=CC(C2OC34C(O)CC5(O)CC67OC(=O)CC6OC(C)(C)C7CCC5C35OC5CC4C2C)OC1=O. The summed E-state index contributed by atoms with van der Waals surface area (Å²) in [7, 11) is 0. The van der Waals surface area contributed by atoms with Gasteiger partial charge in [0.05, 0.1) is 29.8 Å². The van der Waals surface area contributed by atoms with Crippen LogP contribution in [0.15, 0.2) is 11.6 Å². The van der Waals surface area contributed by atoms with Crippen LogP contribution in [0.2, 0.25) is 0 Å². The number of aliphatic hydroxyl groups is 2. The van der Waals surface area contributed by atoms with E-state index < -0.39 is 46.3 Å². The molecule has 5 heterocycles. The Hall–Kier alpha value is -1.52. The van der Waals surface area contributed by atoms with Gasteiger partial charge in [-0.15, -0.1) is 0 Å². The van der Waals surface area contributed by atoms with Crippen molar-refractivity contribution in [2.45, 2.75) is 125 Å². The van der Waals surface area contributed by atoms with E-state index in [0.717, 1.165) is 12.8 Å². The summed E-state index contributed by atoms with van der Waals surface area (Å²) >= 11 is 0. The van der Waals surface area contributed by atoms with Crippen LogP contribution in [0.3, 0.4) is 0 Å². The number of carbonyl (C=O) groups excluding carboxylic acids is 2. The average Bonchev–Trinajstić information content (AvgIpc) is 2.94. The van der Waals surface area contributed by atoms with E-state index in [9.17, 15) is 19.8 Å². The van der Waals surface area contributed by atoms with Crippen molar-refractivity contribution < 1.29 is 43.5 Å². The first-order chi connectivity index (χ1) is 17.4. The number of ether oxygens (including phenoxy) is 5. The number of hydrogen-bond donors (Lipinski definition) is 2. The molecule has 202 valence electrons. The van der Waals surface area contributed by atoms with Crippen LogP contribution in [-0.4, -0.2) is 80.7 Å². The van der Waals surface area contributed by atoms with Crippen molar-refractivity contribution in [3.05, 3.63) is 11.6 Å². The molecule has 37 heavy (non-hydrogen) atoms. The number of esters is 2. The Kier molecular flexibility index (Phi) is 4.17. The first kappa shape index (κ1) is 23.4. The highest BCUT2D eigenvalue weighted by Crippen LogP contribution is 2.76.